The van der Waals surface area contributed by atoms with Gasteiger partial charge in [0.25, 0.3) is 5.91 Å². The van der Waals surface area contributed by atoms with Crippen molar-refractivity contribution in [1.29, 1.82) is 16.2 Å². The minimum Gasteiger partial charge on any atom is -0.444 e. The lowest BCUT2D eigenvalue weighted by Gasteiger charge is -2.19. The molecule has 2 aromatic carbocycles. The lowest BCUT2D eigenvalue weighted by Crippen LogP contribution is -2.30. The first-order chi connectivity index (χ1) is 23.3. The average Bonchev–Trinajstić information content (AvgIpc) is 2.93. The van der Waals surface area contributed by atoms with Crippen LogP contribution in [0, 0.1) is 16.2 Å². The van der Waals surface area contributed by atoms with Gasteiger partial charge < -0.3 is 20.5 Å². The number of aliphatic imine (C=N–C) groups is 1. The van der Waals surface area contributed by atoms with E-state index in [1.807, 2.05) is 0 Å². The molecule has 0 aliphatic carbocycles. The maximum absolute atomic E-state index is 12.5. The van der Waals surface area contributed by atoms with E-state index in [1.54, 1.807) is 90.1 Å². The molecule has 0 aliphatic rings. The van der Waals surface area contributed by atoms with E-state index in [0.717, 1.165) is 23.5 Å². The third-order valence-electron chi connectivity index (χ3n) is 5.86. The van der Waals surface area contributed by atoms with Gasteiger partial charge in [-0.1, -0.05) is 24.3 Å². The lowest BCUT2D eigenvalue weighted by atomic mass is 10.1. The number of nitrogens with two attached hydrogens (primary N) is 1. The maximum atomic E-state index is 12.5. The molecule has 4 amide bonds. The number of benzene rings is 2. The minimum absolute atomic E-state index is 0.0293. The summed E-state index contributed by atoms with van der Waals surface area (Å²) >= 11 is 1.72. The van der Waals surface area contributed by atoms with Gasteiger partial charge in [-0.2, -0.15) is 4.99 Å². The fraction of sp³-hybridized carbons (Fsp3) is 0.412. The highest BCUT2D eigenvalue weighted by Crippen LogP contribution is 2.18. The Morgan fingerprint density at radius 3 is 1.68 bits per heavy atom. The Morgan fingerprint density at radius 1 is 0.740 bits per heavy atom. The third-order valence-corrected chi connectivity index (χ3v) is 7.37. The van der Waals surface area contributed by atoms with Crippen LogP contribution in [0.2, 0.25) is 0 Å². The normalized spacial score (nSPS) is 11.6. The molecule has 0 heterocycles. The van der Waals surface area contributed by atoms with E-state index in [4.69, 9.17) is 31.4 Å². The summed E-state index contributed by atoms with van der Waals surface area (Å²) in [6, 6.07) is 13.5. The van der Waals surface area contributed by atoms with Crippen LogP contribution in [0.3, 0.4) is 0 Å². The number of rotatable bonds is 11. The summed E-state index contributed by atoms with van der Waals surface area (Å²) in [4.78, 5) is 52.8. The Morgan fingerprint density at radius 2 is 1.20 bits per heavy atom. The Balaban J connectivity index is 1.68. The van der Waals surface area contributed by atoms with Crippen molar-refractivity contribution in [3.05, 3.63) is 59.7 Å². The average molecular weight is 727 g/mol. The standard InChI is InChI=1S/C34H46N8O6S2/c1-33(2,3)47-31(45)39-23-13-9-11-21(17-23)19-27(43)41-29(37)49-25(35)15-7-8-16-26(36)50-30(38)42-28(44)20-22-12-10-14-24(18-22)40-32(46)48-34(4,5)6/h9-14,17-18,35-36H,7-8,15-16,19-20H2,1-6H3,(H,39,45)(H,40,46)(H2,37,41,43)(H2,38,42,44). The largest absolute Gasteiger partial charge is 0.444 e. The maximum Gasteiger partial charge on any atom is 0.412 e. The van der Waals surface area contributed by atoms with Crippen molar-refractivity contribution in [2.24, 2.45) is 10.7 Å². The van der Waals surface area contributed by atoms with Gasteiger partial charge in [0.05, 0.1) is 22.9 Å². The molecule has 0 saturated carbocycles. The number of hydrogen-bond acceptors (Lipinski definition) is 11. The highest BCUT2D eigenvalue weighted by molar-refractivity contribution is 8.26. The van der Waals surface area contributed by atoms with Gasteiger partial charge in [0.2, 0.25) is 5.91 Å². The van der Waals surface area contributed by atoms with Crippen molar-refractivity contribution in [3.8, 4) is 0 Å². The number of carbonyl (C=O) groups excluding carboxylic acids is 4. The van der Waals surface area contributed by atoms with Crippen molar-refractivity contribution in [2.45, 2.75) is 91.3 Å². The Kier molecular flexibility index (Phi) is 16.2. The van der Waals surface area contributed by atoms with Crippen LogP contribution in [0.1, 0.15) is 78.4 Å². The van der Waals surface area contributed by atoms with Gasteiger partial charge in [-0.3, -0.25) is 36.5 Å². The van der Waals surface area contributed by atoms with E-state index in [9.17, 15) is 19.2 Å². The van der Waals surface area contributed by atoms with Crippen LogP contribution in [0.4, 0.5) is 21.0 Å². The molecule has 0 saturated heterocycles. The Bertz CT molecular complexity index is 1620. The molecule has 0 spiro atoms. The first kappa shape index (κ1) is 41.5. The quantitative estimate of drug-likeness (QED) is 0.0714. The van der Waals surface area contributed by atoms with Crippen LogP contribution >= 0.6 is 23.5 Å². The number of carbonyl (C=O) groups is 4. The second-order valence-electron chi connectivity index (χ2n) is 13.0. The van der Waals surface area contributed by atoms with Gasteiger partial charge in [0.15, 0.2) is 10.3 Å². The smallest absolute Gasteiger partial charge is 0.412 e. The summed E-state index contributed by atoms with van der Waals surface area (Å²) in [5, 5.41) is 32.3. The minimum atomic E-state index is -0.648. The zero-order valence-corrected chi connectivity index (χ0v) is 30.8. The van der Waals surface area contributed by atoms with Crippen LogP contribution in [0.15, 0.2) is 53.5 Å². The first-order valence-electron chi connectivity index (χ1n) is 15.7. The van der Waals surface area contributed by atoms with Gasteiger partial charge in [-0.05, 0) is 126 Å². The summed E-state index contributed by atoms with van der Waals surface area (Å²) in [7, 11) is 0. The number of nitrogens with one attached hydrogen (secondary N) is 6. The van der Waals surface area contributed by atoms with Crippen molar-refractivity contribution in [2.75, 3.05) is 10.6 Å². The van der Waals surface area contributed by atoms with E-state index < -0.39 is 35.2 Å². The van der Waals surface area contributed by atoms with Crippen molar-refractivity contribution < 1.29 is 28.7 Å². The summed E-state index contributed by atoms with van der Waals surface area (Å²) in [5.41, 5.74) is 6.78. The van der Waals surface area contributed by atoms with Crippen molar-refractivity contribution in [3.63, 3.8) is 0 Å². The fourth-order valence-electron chi connectivity index (χ4n) is 4.03. The molecule has 8 N–H and O–H groups in total. The molecular formula is C34H46N8O6S2. The van der Waals surface area contributed by atoms with E-state index >= 15 is 0 Å². The summed E-state index contributed by atoms with van der Waals surface area (Å²) in [6.07, 6.45) is 0.557. The van der Waals surface area contributed by atoms with E-state index in [0.29, 0.717) is 48.2 Å². The van der Waals surface area contributed by atoms with Gasteiger partial charge in [0.1, 0.15) is 11.2 Å². The molecule has 0 unspecified atom stereocenters. The molecule has 2 rings (SSSR count). The molecule has 2 aromatic rings. The number of amides is 4. The SMILES string of the molecule is CC(C)(C)OC(=O)Nc1cccc(CC(=O)N=C(N)SC(=N)CCCCC(=N)SC(=N)NC(=O)Cc2cccc(NC(=O)OC(C)(C)C)c2)c1. The number of unbranched alkanes of at least 4 members (excludes halogenated alkanes) is 1. The monoisotopic (exact) mass is 726 g/mol. The van der Waals surface area contributed by atoms with Crippen LogP contribution < -0.4 is 21.7 Å². The molecule has 16 heteroatoms. The number of ether oxygens (including phenoxy) is 2. The van der Waals surface area contributed by atoms with Crippen LogP contribution in [-0.4, -0.2) is 55.6 Å². The van der Waals surface area contributed by atoms with Crippen molar-refractivity contribution in [1.82, 2.24) is 5.32 Å². The van der Waals surface area contributed by atoms with Crippen LogP contribution in [0.25, 0.3) is 0 Å². The molecule has 50 heavy (non-hydrogen) atoms. The molecule has 0 bridgehead atoms. The number of hydrogen-bond donors (Lipinski definition) is 7. The van der Waals surface area contributed by atoms with E-state index in [-0.39, 0.29) is 33.3 Å². The Hall–Kier alpha value is -4.70. The second-order valence-corrected chi connectivity index (χ2v) is 15.2. The molecule has 0 aromatic heterocycles. The summed E-state index contributed by atoms with van der Waals surface area (Å²) in [6.45, 7) is 10.5. The molecule has 14 nitrogen and oxygen atoms in total. The fourth-order valence-corrected chi connectivity index (χ4v) is 5.33. The van der Waals surface area contributed by atoms with Gasteiger partial charge >= 0.3 is 12.2 Å². The van der Waals surface area contributed by atoms with E-state index in [2.05, 4.69) is 20.9 Å². The number of amidine groups is 2. The van der Waals surface area contributed by atoms with Gasteiger partial charge in [0, 0.05) is 11.4 Å². The summed E-state index contributed by atoms with van der Waals surface area (Å²) < 4.78 is 10.5. The topological polar surface area (TPSA) is 233 Å². The Labute approximate surface area is 301 Å². The molecule has 0 aliphatic heterocycles. The highest BCUT2D eigenvalue weighted by Gasteiger charge is 2.18. The number of anilines is 2. The van der Waals surface area contributed by atoms with Gasteiger partial charge in [-0.15, -0.1) is 0 Å². The second kappa shape index (κ2) is 19.5. The molecular weight excluding hydrogens is 681 g/mol. The first-order valence-corrected chi connectivity index (χ1v) is 17.3. The highest BCUT2D eigenvalue weighted by atomic mass is 32.2. The predicted octanol–water partition coefficient (Wildman–Crippen LogP) is 7.04. The lowest BCUT2D eigenvalue weighted by molar-refractivity contribution is -0.119. The molecule has 0 radical (unpaired) electrons. The number of thioether (sulfide) groups is 2. The molecule has 0 fully saturated rings. The van der Waals surface area contributed by atoms with Crippen molar-refractivity contribution >= 4 is 79.3 Å². The molecule has 0 atom stereocenters. The summed E-state index contributed by atoms with van der Waals surface area (Å²) in [5.74, 6) is -0.933. The number of nitrogens with zero attached hydrogens (tertiary/aromatic N) is 1. The van der Waals surface area contributed by atoms with Gasteiger partial charge in [-0.25, -0.2) is 9.59 Å². The van der Waals surface area contributed by atoms with E-state index in [1.165, 1.54) is 0 Å². The predicted molar refractivity (Wildman–Crippen MR) is 202 cm³/mol. The zero-order chi connectivity index (χ0) is 37.5. The third kappa shape index (κ3) is 18.7. The molecule has 270 valence electrons. The van der Waals surface area contributed by atoms with Crippen LogP contribution in [0.5, 0.6) is 0 Å². The zero-order valence-electron chi connectivity index (χ0n) is 29.2. The van der Waals surface area contributed by atoms with Crippen LogP contribution in [-0.2, 0) is 31.9 Å².